The molecule has 1 aliphatic heterocycles. The molecule has 0 bridgehead atoms. The first-order valence-electron chi connectivity index (χ1n) is 8.19. The summed E-state index contributed by atoms with van der Waals surface area (Å²) in [6, 6.07) is 12.7. The summed E-state index contributed by atoms with van der Waals surface area (Å²) in [5, 5.41) is 0. The molecular formula is C19H22N2O3S. The highest BCUT2D eigenvalue weighted by Gasteiger charge is 2.24. The van der Waals surface area contributed by atoms with Gasteiger partial charge in [0.05, 0.1) is 4.90 Å². The van der Waals surface area contributed by atoms with E-state index < -0.39 is 10.0 Å². The van der Waals surface area contributed by atoms with Gasteiger partial charge in [-0.2, -0.15) is 0 Å². The van der Waals surface area contributed by atoms with Crippen LogP contribution in [-0.2, 0) is 23.0 Å². The second-order valence-electron chi connectivity index (χ2n) is 6.56. The lowest BCUT2D eigenvalue weighted by Gasteiger charge is -2.29. The van der Waals surface area contributed by atoms with Crippen molar-refractivity contribution in [3.05, 3.63) is 64.7 Å². The van der Waals surface area contributed by atoms with E-state index in [1.54, 1.807) is 17.0 Å². The fourth-order valence-electron chi connectivity index (χ4n) is 2.96. The number of amides is 1. The van der Waals surface area contributed by atoms with Crippen LogP contribution in [0.4, 0.5) is 0 Å². The molecule has 0 saturated carbocycles. The normalized spacial score (nSPS) is 14.5. The SMILES string of the molecule is Cc1ccc(C(=O)N2CCc3ccc(S(=O)(=O)N(C)C)cc3C2)cc1. The molecule has 25 heavy (non-hydrogen) atoms. The quantitative estimate of drug-likeness (QED) is 0.847. The van der Waals surface area contributed by atoms with Gasteiger partial charge in [-0.1, -0.05) is 23.8 Å². The van der Waals surface area contributed by atoms with Gasteiger partial charge in [-0.15, -0.1) is 0 Å². The Morgan fingerprint density at radius 3 is 2.36 bits per heavy atom. The highest BCUT2D eigenvalue weighted by molar-refractivity contribution is 7.89. The third kappa shape index (κ3) is 3.45. The second kappa shape index (κ2) is 6.61. The molecule has 0 aliphatic carbocycles. The molecule has 0 radical (unpaired) electrons. The van der Waals surface area contributed by atoms with Gasteiger partial charge in [0.2, 0.25) is 10.0 Å². The Balaban J connectivity index is 1.87. The Bertz CT molecular complexity index is 903. The molecule has 1 amide bonds. The van der Waals surface area contributed by atoms with Crippen LogP contribution in [0.5, 0.6) is 0 Å². The Morgan fingerprint density at radius 1 is 1.04 bits per heavy atom. The average Bonchev–Trinajstić information content (AvgIpc) is 2.60. The Labute approximate surface area is 148 Å². The van der Waals surface area contributed by atoms with E-state index in [1.807, 2.05) is 37.3 Å². The molecule has 0 N–H and O–H groups in total. The summed E-state index contributed by atoms with van der Waals surface area (Å²) in [6.45, 7) is 3.05. The summed E-state index contributed by atoms with van der Waals surface area (Å²) in [4.78, 5) is 14.8. The predicted molar refractivity (Wildman–Crippen MR) is 96.9 cm³/mol. The topological polar surface area (TPSA) is 57.7 Å². The van der Waals surface area contributed by atoms with Crippen LogP contribution in [0.25, 0.3) is 0 Å². The van der Waals surface area contributed by atoms with E-state index in [-0.39, 0.29) is 10.8 Å². The van der Waals surface area contributed by atoms with Crippen LogP contribution in [0.15, 0.2) is 47.4 Å². The zero-order valence-electron chi connectivity index (χ0n) is 14.7. The van der Waals surface area contributed by atoms with Gasteiger partial charge >= 0.3 is 0 Å². The van der Waals surface area contributed by atoms with Crippen LogP contribution in [-0.4, -0.2) is 44.2 Å². The molecule has 0 spiro atoms. The summed E-state index contributed by atoms with van der Waals surface area (Å²) < 4.78 is 25.9. The molecular weight excluding hydrogens is 336 g/mol. The van der Waals surface area contributed by atoms with E-state index in [0.717, 1.165) is 23.1 Å². The lowest BCUT2D eigenvalue weighted by atomic mass is 9.99. The molecule has 0 unspecified atom stereocenters. The maximum absolute atomic E-state index is 12.7. The summed E-state index contributed by atoms with van der Waals surface area (Å²) in [5.41, 5.74) is 3.77. The number of fused-ring (bicyclic) bond motifs is 1. The standard InChI is InChI=1S/C19H22N2O3S/c1-14-4-6-16(7-5-14)19(22)21-11-10-15-8-9-18(12-17(15)13-21)25(23,24)20(2)3/h4-9,12H,10-11,13H2,1-3H3. The van der Waals surface area contributed by atoms with Gasteiger partial charge in [0, 0.05) is 32.7 Å². The first-order valence-corrected chi connectivity index (χ1v) is 9.63. The first kappa shape index (κ1) is 17.6. The van der Waals surface area contributed by atoms with Crippen molar-refractivity contribution in [3.8, 4) is 0 Å². The van der Waals surface area contributed by atoms with E-state index >= 15 is 0 Å². The van der Waals surface area contributed by atoms with E-state index in [1.165, 1.54) is 18.4 Å². The van der Waals surface area contributed by atoms with Crippen molar-refractivity contribution >= 4 is 15.9 Å². The molecule has 0 fully saturated rings. The first-order chi connectivity index (χ1) is 11.8. The molecule has 3 rings (SSSR count). The Hall–Kier alpha value is -2.18. The highest BCUT2D eigenvalue weighted by Crippen LogP contribution is 2.24. The van der Waals surface area contributed by atoms with E-state index in [2.05, 4.69) is 0 Å². The lowest BCUT2D eigenvalue weighted by molar-refractivity contribution is 0.0734. The average molecular weight is 358 g/mol. The number of sulfonamides is 1. The summed E-state index contributed by atoms with van der Waals surface area (Å²) in [5.74, 6) is -0.0217. The molecule has 0 saturated heterocycles. The van der Waals surface area contributed by atoms with Gasteiger partial charge in [-0.3, -0.25) is 4.79 Å². The largest absolute Gasteiger partial charge is 0.334 e. The van der Waals surface area contributed by atoms with Crippen LogP contribution in [0.2, 0.25) is 0 Å². The van der Waals surface area contributed by atoms with Gasteiger partial charge in [0.15, 0.2) is 0 Å². The molecule has 132 valence electrons. The minimum Gasteiger partial charge on any atom is -0.334 e. The number of aryl methyl sites for hydroxylation is 1. The molecule has 1 aliphatic rings. The summed E-state index contributed by atoms with van der Waals surface area (Å²) in [7, 11) is -0.443. The monoisotopic (exact) mass is 358 g/mol. The smallest absolute Gasteiger partial charge is 0.254 e. The number of rotatable bonds is 3. The van der Waals surface area contributed by atoms with E-state index in [4.69, 9.17) is 0 Å². The molecule has 1 heterocycles. The van der Waals surface area contributed by atoms with Gasteiger partial charge < -0.3 is 4.90 Å². The molecule has 2 aromatic carbocycles. The molecule has 0 atom stereocenters. The zero-order valence-corrected chi connectivity index (χ0v) is 15.5. The number of carbonyl (C=O) groups excluding carboxylic acids is 1. The van der Waals surface area contributed by atoms with Crippen molar-refractivity contribution < 1.29 is 13.2 Å². The van der Waals surface area contributed by atoms with Crippen molar-refractivity contribution in [2.75, 3.05) is 20.6 Å². The summed E-state index contributed by atoms with van der Waals surface area (Å²) in [6.07, 6.45) is 0.731. The van der Waals surface area contributed by atoms with Gasteiger partial charge in [-0.05, 0) is 48.7 Å². The van der Waals surface area contributed by atoms with Crippen LogP contribution in [0.1, 0.15) is 27.0 Å². The van der Waals surface area contributed by atoms with E-state index in [0.29, 0.717) is 18.7 Å². The number of carbonyl (C=O) groups is 1. The van der Waals surface area contributed by atoms with Crippen molar-refractivity contribution in [3.63, 3.8) is 0 Å². The number of hydrogen-bond donors (Lipinski definition) is 0. The van der Waals surface area contributed by atoms with Crippen LogP contribution < -0.4 is 0 Å². The minimum atomic E-state index is -3.48. The van der Waals surface area contributed by atoms with Crippen molar-refractivity contribution in [1.29, 1.82) is 0 Å². The Morgan fingerprint density at radius 2 is 1.72 bits per heavy atom. The van der Waals surface area contributed by atoms with Crippen LogP contribution >= 0.6 is 0 Å². The summed E-state index contributed by atoms with van der Waals surface area (Å²) >= 11 is 0. The van der Waals surface area contributed by atoms with Gasteiger partial charge in [0.25, 0.3) is 5.91 Å². The maximum atomic E-state index is 12.7. The van der Waals surface area contributed by atoms with Crippen molar-refractivity contribution in [1.82, 2.24) is 9.21 Å². The molecule has 2 aromatic rings. The minimum absolute atomic E-state index is 0.0217. The maximum Gasteiger partial charge on any atom is 0.254 e. The van der Waals surface area contributed by atoms with Crippen molar-refractivity contribution in [2.45, 2.75) is 24.8 Å². The molecule has 0 aromatic heterocycles. The van der Waals surface area contributed by atoms with Crippen molar-refractivity contribution in [2.24, 2.45) is 0 Å². The van der Waals surface area contributed by atoms with Crippen LogP contribution in [0.3, 0.4) is 0 Å². The number of benzene rings is 2. The van der Waals surface area contributed by atoms with Gasteiger partial charge in [0.1, 0.15) is 0 Å². The molecule has 6 heteroatoms. The fourth-order valence-corrected chi connectivity index (χ4v) is 3.91. The Kier molecular flexibility index (Phi) is 4.67. The zero-order chi connectivity index (χ0) is 18.2. The second-order valence-corrected chi connectivity index (χ2v) is 8.71. The molecule has 5 nitrogen and oxygen atoms in total. The number of nitrogens with zero attached hydrogens (tertiary/aromatic N) is 2. The highest BCUT2D eigenvalue weighted by atomic mass is 32.2. The van der Waals surface area contributed by atoms with Gasteiger partial charge in [-0.25, -0.2) is 12.7 Å². The number of hydrogen-bond acceptors (Lipinski definition) is 3. The third-order valence-electron chi connectivity index (χ3n) is 4.55. The van der Waals surface area contributed by atoms with E-state index in [9.17, 15) is 13.2 Å². The lowest BCUT2D eigenvalue weighted by Crippen LogP contribution is -2.36. The van der Waals surface area contributed by atoms with Crippen LogP contribution in [0, 0.1) is 6.92 Å². The predicted octanol–water partition coefficient (Wildman–Crippen LogP) is 2.44. The third-order valence-corrected chi connectivity index (χ3v) is 6.37. The fraction of sp³-hybridized carbons (Fsp3) is 0.316.